The van der Waals surface area contributed by atoms with Crippen molar-refractivity contribution >= 4 is 17.3 Å². The van der Waals surface area contributed by atoms with Gasteiger partial charge in [-0.2, -0.15) is 0 Å². The maximum absolute atomic E-state index is 13.2. The normalized spacial score (nSPS) is 10.0. The lowest BCUT2D eigenvalue weighted by atomic mass is 10.3. The molecule has 0 radical (unpaired) electrons. The first kappa shape index (κ1) is 14.8. The van der Waals surface area contributed by atoms with E-state index in [0.29, 0.717) is 11.4 Å². The number of amides is 1. The van der Waals surface area contributed by atoms with Gasteiger partial charge in [-0.05, 0) is 30.3 Å². The highest BCUT2D eigenvalue weighted by molar-refractivity contribution is 5.93. The summed E-state index contributed by atoms with van der Waals surface area (Å²) in [4.78, 5) is 11.7. The van der Waals surface area contributed by atoms with Gasteiger partial charge in [0, 0.05) is 17.4 Å². The van der Waals surface area contributed by atoms with Crippen LogP contribution in [0.25, 0.3) is 0 Å². The molecule has 6 heteroatoms. The van der Waals surface area contributed by atoms with Crippen LogP contribution in [0.5, 0.6) is 5.75 Å². The molecule has 0 aliphatic carbocycles. The molecular weight excluding hydrogens is 278 g/mol. The topological polar surface area (TPSA) is 50.4 Å². The maximum Gasteiger partial charge on any atom is 0.243 e. The van der Waals surface area contributed by atoms with Crippen molar-refractivity contribution in [3.63, 3.8) is 0 Å². The van der Waals surface area contributed by atoms with Crippen LogP contribution < -0.4 is 15.4 Å². The number of methoxy groups -OCH3 is 1. The summed E-state index contributed by atoms with van der Waals surface area (Å²) in [5.74, 6) is -1.16. The van der Waals surface area contributed by atoms with Gasteiger partial charge in [-0.1, -0.05) is 6.07 Å². The second-order valence-electron chi connectivity index (χ2n) is 4.26. The molecule has 2 aromatic rings. The molecule has 2 N–H and O–H groups in total. The Morgan fingerprint density at radius 3 is 2.67 bits per heavy atom. The first-order chi connectivity index (χ1) is 10.1. The number of halogens is 2. The van der Waals surface area contributed by atoms with E-state index in [0.717, 1.165) is 0 Å². The fourth-order valence-electron chi connectivity index (χ4n) is 1.72. The van der Waals surface area contributed by atoms with Gasteiger partial charge in [0.05, 0.1) is 13.7 Å². The number of carbonyl (C=O) groups is 1. The Morgan fingerprint density at radius 2 is 1.95 bits per heavy atom. The SMILES string of the molecule is COc1cc(NCC(=O)Nc2cccc(F)c2)ccc1F. The monoisotopic (exact) mass is 292 g/mol. The number of hydrogen-bond donors (Lipinski definition) is 2. The largest absolute Gasteiger partial charge is 0.494 e. The maximum atomic E-state index is 13.2. The lowest BCUT2D eigenvalue weighted by Gasteiger charge is -2.09. The van der Waals surface area contributed by atoms with Crippen molar-refractivity contribution in [3.8, 4) is 5.75 Å². The summed E-state index contributed by atoms with van der Waals surface area (Å²) in [6.45, 7) is -0.0364. The molecule has 110 valence electrons. The van der Waals surface area contributed by atoms with Crippen LogP contribution in [0.2, 0.25) is 0 Å². The van der Waals surface area contributed by atoms with Gasteiger partial charge in [-0.3, -0.25) is 4.79 Å². The van der Waals surface area contributed by atoms with Gasteiger partial charge in [0.25, 0.3) is 0 Å². The van der Waals surface area contributed by atoms with E-state index in [1.807, 2.05) is 0 Å². The molecule has 2 aromatic carbocycles. The molecular formula is C15H14F2N2O2. The molecule has 0 spiro atoms. The van der Waals surface area contributed by atoms with Gasteiger partial charge in [0.2, 0.25) is 5.91 Å². The molecule has 0 aliphatic rings. The van der Waals surface area contributed by atoms with Crippen LogP contribution in [0.4, 0.5) is 20.2 Å². The standard InChI is InChI=1S/C15H14F2N2O2/c1-21-14-8-11(5-6-13(14)17)18-9-15(20)19-12-4-2-3-10(16)7-12/h2-8,18H,9H2,1H3,(H,19,20). The van der Waals surface area contributed by atoms with Gasteiger partial charge >= 0.3 is 0 Å². The van der Waals surface area contributed by atoms with Gasteiger partial charge in [0.1, 0.15) is 5.82 Å². The first-order valence-electron chi connectivity index (χ1n) is 6.21. The van der Waals surface area contributed by atoms with Crippen molar-refractivity contribution in [2.24, 2.45) is 0 Å². The molecule has 1 amide bonds. The van der Waals surface area contributed by atoms with E-state index >= 15 is 0 Å². The molecule has 0 atom stereocenters. The molecule has 0 unspecified atom stereocenters. The van der Waals surface area contributed by atoms with Crippen molar-refractivity contribution in [3.05, 3.63) is 54.1 Å². The predicted octanol–water partition coefficient (Wildman–Crippen LogP) is 3.02. The van der Waals surface area contributed by atoms with Crippen LogP contribution in [-0.4, -0.2) is 19.6 Å². The Bertz CT molecular complexity index is 647. The molecule has 0 bridgehead atoms. The van der Waals surface area contributed by atoms with Crippen LogP contribution in [-0.2, 0) is 4.79 Å². The van der Waals surface area contributed by atoms with E-state index < -0.39 is 11.6 Å². The number of nitrogens with one attached hydrogen (secondary N) is 2. The van der Waals surface area contributed by atoms with E-state index in [9.17, 15) is 13.6 Å². The summed E-state index contributed by atoms with van der Waals surface area (Å²) in [5, 5.41) is 5.37. The zero-order chi connectivity index (χ0) is 15.2. The Labute approximate surface area is 120 Å². The molecule has 0 saturated heterocycles. The fourth-order valence-corrected chi connectivity index (χ4v) is 1.72. The summed E-state index contributed by atoms with van der Waals surface area (Å²) in [7, 11) is 1.36. The minimum atomic E-state index is -0.479. The van der Waals surface area contributed by atoms with Gasteiger partial charge in [-0.25, -0.2) is 8.78 Å². The van der Waals surface area contributed by atoms with Gasteiger partial charge in [0.15, 0.2) is 11.6 Å². The summed E-state index contributed by atoms with van der Waals surface area (Å²) >= 11 is 0. The molecule has 0 saturated carbocycles. The highest BCUT2D eigenvalue weighted by atomic mass is 19.1. The van der Waals surface area contributed by atoms with Crippen LogP contribution in [0.3, 0.4) is 0 Å². The van der Waals surface area contributed by atoms with Crippen molar-refractivity contribution in [1.29, 1.82) is 0 Å². The third kappa shape index (κ3) is 4.17. The molecule has 0 heterocycles. The minimum Gasteiger partial charge on any atom is -0.494 e. The zero-order valence-electron chi connectivity index (χ0n) is 11.3. The van der Waals surface area contributed by atoms with Gasteiger partial charge < -0.3 is 15.4 Å². The van der Waals surface area contributed by atoms with Crippen LogP contribution in [0, 0.1) is 11.6 Å². The van der Waals surface area contributed by atoms with Crippen LogP contribution >= 0.6 is 0 Å². The average molecular weight is 292 g/mol. The highest BCUT2D eigenvalue weighted by Crippen LogP contribution is 2.21. The minimum absolute atomic E-state index is 0.0364. The third-order valence-electron chi connectivity index (χ3n) is 2.71. The van der Waals surface area contributed by atoms with Crippen molar-refractivity contribution < 1.29 is 18.3 Å². The molecule has 0 aliphatic heterocycles. The zero-order valence-corrected chi connectivity index (χ0v) is 11.3. The number of ether oxygens (including phenoxy) is 1. The fraction of sp³-hybridized carbons (Fsp3) is 0.133. The van der Waals surface area contributed by atoms with E-state index in [4.69, 9.17) is 4.74 Å². The van der Waals surface area contributed by atoms with E-state index in [2.05, 4.69) is 10.6 Å². The summed E-state index contributed by atoms with van der Waals surface area (Å²) in [6.07, 6.45) is 0. The summed E-state index contributed by atoms with van der Waals surface area (Å²) < 4.78 is 31.0. The summed E-state index contributed by atoms with van der Waals surface area (Å²) in [5.41, 5.74) is 0.918. The number of anilines is 2. The lowest BCUT2D eigenvalue weighted by Crippen LogP contribution is -2.21. The van der Waals surface area contributed by atoms with Gasteiger partial charge in [-0.15, -0.1) is 0 Å². The molecule has 0 aromatic heterocycles. The Kier molecular flexibility index (Phi) is 4.71. The van der Waals surface area contributed by atoms with Crippen LogP contribution in [0.1, 0.15) is 0 Å². The second kappa shape index (κ2) is 6.69. The average Bonchev–Trinajstić information content (AvgIpc) is 2.46. The number of rotatable bonds is 5. The van der Waals surface area contributed by atoms with Crippen molar-refractivity contribution in [2.45, 2.75) is 0 Å². The quantitative estimate of drug-likeness (QED) is 0.890. The Hall–Kier alpha value is -2.63. The molecule has 2 rings (SSSR count). The Morgan fingerprint density at radius 1 is 1.14 bits per heavy atom. The molecule has 21 heavy (non-hydrogen) atoms. The van der Waals surface area contributed by atoms with Crippen LogP contribution in [0.15, 0.2) is 42.5 Å². The lowest BCUT2D eigenvalue weighted by molar-refractivity contribution is -0.114. The number of carbonyl (C=O) groups excluding carboxylic acids is 1. The van der Waals surface area contributed by atoms with E-state index in [1.54, 1.807) is 6.07 Å². The van der Waals surface area contributed by atoms with E-state index in [1.165, 1.54) is 43.5 Å². The van der Waals surface area contributed by atoms with E-state index in [-0.39, 0.29) is 18.2 Å². The molecule has 4 nitrogen and oxygen atoms in total. The Balaban J connectivity index is 1.92. The van der Waals surface area contributed by atoms with Crippen molar-refractivity contribution in [2.75, 3.05) is 24.3 Å². The third-order valence-corrected chi connectivity index (χ3v) is 2.71. The number of hydrogen-bond acceptors (Lipinski definition) is 3. The summed E-state index contributed by atoms with van der Waals surface area (Å²) in [6, 6.07) is 9.78. The number of benzene rings is 2. The molecule has 0 fully saturated rings. The highest BCUT2D eigenvalue weighted by Gasteiger charge is 2.06. The smallest absolute Gasteiger partial charge is 0.243 e. The second-order valence-corrected chi connectivity index (χ2v) is 4.26. The van der Waals surface area contributed by atoms with Crippen molar-refractivity contribution in [1.82, 2.24) is 0 Å². The first-order valence-corrected chi connectivity index (χ1v) is 6.21. The predicted molar refractivity (Wildman–Crippen MR) is 76.5 cm³/mol.